The van der Waals surface area contributed by atoms with Crippen molar-refractivity contribution in [2.45, 2.75) is 101 Å². The molecule has 0 unspecified atom stereocenters. The first-order chi connectivity index (χ1) is 22.4. The number of aromatic hydroxyl groups is 1. The van der Waals surface area contributed by atoms with E-state index in [1.807, 2.05) is 20.1 Å². The SMILES string of the molecule is CO[C@@]12CC[C@@]3(C[C@@H]1[C@](C)(O)C(C)(C)C)[C@H]1Cc4ccc(O)c5c4[C@@]3(CCN1CC1CC1)[C@H]2O5.Cl.NC(=O)O.Nc1ccc(C(=O)O)cc1. The zero-order valence-corrected chi connectivity index (χ0v) is 29.9. The van der Waals surface area contributed by atoms with E-state index < -0.39 is 23.3 Å². The van der Waals surface area contributed by atoms with Crippen molar-refractivity contribution < 1.29 is 39.5 Å². The van der Waals surface area contributed by atoms with Crippen LogP contribution in [0.4, 0.5) is 10.5 Å². The molecule has 2 aliphatic heterocycles. The molecule has 270 valence electrons. The Hall–Kier alpha value is -3.25. The van der Waals surface area contributed by atoms with Gasteiger partial charge in [-0.05, 0) is 106 Å². The summed E-state index contributed by atoms with van der Waals surface area (Å²) < 4.78 is 13.5. The number of anilines is 1. The summed E-state index contributed by atoms with van der Waals surface area (Å²) in [5.74, 6) is 0.872. The Balaban J connectivity index is 0.000000264. The first-order valence-corrected chi connectivity index (χ1v) is 17.1. The van der Waals surface area contributed by atoms with Crippen LogP contribution in [0.5, 0.6) is 11.5 Å². The molecule has 7 aliphatic rings. The molecule has 4 bridgehead atoms. The number of hydrogen-bond acceptors (Lipinski definition) is 8. The summed E-state index contributed by atoms with van der Waals surface area (Å²) in [6.07, 6.45) is 6.30. The van der Waals surface area contributed by atoms with Crippen LogP contribution >= 0.6 is 12.4 Å². The van der Waals surface area contributed by atoms with Crippen LogP contribution < -0.4 is 16.2 Å². The summed E-state index contributed by atoms with van der Waals surface area (Å²) in [4.78, 5) is 21.9. The zero-order chi connectivity index (χ0) is 35.0. The fourth-order valence-electron chi connectivity index (χ4n) is 10.2. The number of nitrogen functional groups attached to an aromatic ring is 1. The van der Waals surface area contributed by atoms with Crippen molar-refractivity contribution in [1.82, 2.24) is 4.90 Å². The molecule has 0 radical (unpaired) electrons. The number of fused-ring (bicyclic) bond motifs is 2. The van der Waals surface area contributed by atoms with Gasteiger partial charge < -0.3 is 41.4 Å². The summed E-state index contributed by atoms with van der Waals surface area (Å²) in [6.45, 7) is 10.8. The second-order valence-electron chi connectivity index (χ2n) is 16.1. The van der Waals surface area contributed by atoms with Crippen molar-refractivity contribution >= 4 is 30.2 Å². The van der Waals surface area contributed by atoms with Gasteiger partial charge in [-0.3, -0.25) is 4.90 Å². The number of carboxylic acids is 1. The molecule has 1 amide bonds. The van der Waals surface area contributed by atoms with Crippen LogP contribution in [0.3, 0.4) is 0 Å². The van der Waals surface area contributed by atoms with E-state index in [0.717, 1.165) is 44.6 Å². The standard InChI is InChI=1S/C29H41NO4.C7H7NO2.CH3NO2.ClH/c1-25(2,3)26(4,32)20-15-27-10-11-29(20,33-5)24-28(27)12-13-30(16-17-6-7-17)21(27)14-18-8-9-19(31)23(34-24)22(18)28;8-6-3-1-5(2-4-6)7(9)10;2-1(3)4;/h8-9,17,20-21,24,31-32H,6-7,10-16H2,1-5H3;1-4H,8H2,(H,9,10);2H2,(H,3,4);1H/t20-,21-,24-,26+,27-,28+,29+;;;/m1.../s1. The molecule has 49 heavy (non-hydrogen) atoms. The number of rotatable bonds is 5. The monoisotopic (exact) mass is 701 g/mol. The summed E-state index contributed by atoms with van der Waals surface area (Å²) >= 11 is 0. The van der Waals surface area contributed by atoms with E-state index in [1.54, 1.807) is 12.1 Å². The summed E-state index contributed by atoms with van der Waals surface area (Å²) in [7, 11) is 1.83. The largest absolute Gasteiger partial charge is 0.504 e. The van der Waals surface area contributed by atoms with E-state index >= 15 is 0 Å². The molecule has 1 saturated heterocycles. The lowest BCUT2D eigenvalue weighted by molar-refractivity contribution is -0.312. The van der Waals surface area contributed by atoms with Crippen LogP contribution in [0.1, 0.15) is 87.7 Å². The number of primary amides is 1. The molecule has 11 nitrogen and oxygen atoms in total. The molecular weight excluding hydrogens is 650 g/mol. The number of methoxy groups -OCH3 is 1. The van der Waals surface area contributed by atoms with Gasteiger partial charge in [-0.1, -0.05) is 26.8 Å². The molecule has 7 atom stereocenters. The van der Waals surface area contributed by atoms with Gasteiger partial charge in [0.05, 0.1) is 11.2 Å². The average molecular weight is 702 g/mol. The predicted octanol–water partition coefficient (Wildman–Crippen LogP) is 5.43. The molecule has 4 saturated carbocycles. The number of likely N-dealkylation sites (tertiary alicyclic amines) is 1. The van der Waals surface area contributed by atoms with Gasteiger partial charge in [0, 0.05) is 47.7 Å². The quantitative estimate of drug-likeness (QED) is 0.220. The number of nitrogens with zero attached hydrogens (tertiary/aromatic N) is 1. The van der Waals surface area contributed by atoms with Crippen LogP contribution in [-0.2, 0) is 16.6 Å². The van der Waals surface area contributed by atoms with Crippen molar-refractivity contribution in [2.24, 2.45) is 28.4 Å². The van der Waals surface area contributed by atoms with E-state index in [9.17, 15) is 15.0 Å². The van der Waals surface area contributed by atoms with Gasteiger partial charge in [-0.25, -0.2) is 9.59 Å². The number of ether oxygens (including phenoxy) is 2. The van der Waals surface area contributed by atoms with Crippen molar-refractivity contribution in [3.8, 4) is 11.5 Å². The minimum Gasteiger partial charge on any atom is -0.504 e. The van der Waals surface area contributed by atoms with Crippen molar-refractivity contribution in [2.75, 3.05) is 25.9 Å². The Morgan fingerprint density at radius 1 is 1.04 bits per heavy atom. The molecule has 0 aromatic heterocycles. The van der Waals surface area contributed by atoms with Gasteiger partial charge in [-0.2, -0.15) is 0 Å². The number of aromatic carboxylic acids is 1. The second-order valence-corrected chi connectivity index (χ2v) is 16.1. The van der Waals surface area contributed by atoms with Crippen molar-refractivity contribution in [3.05, 3.63) is 53.1 Å². The maximum Gasteiger partial charge on any atom is 0.402 e. The lowest BCUT2D eigenvalue weighted by Gasteiger charge is -2.75. The highest BCUT2D eigenvalue weighted by Crippen LogP contribution is 2.78. The number of amides is 1. The molecule has 5 aliphatic carbocycles. The molecule has 2 heterocycles. The Kier molecular flexibility index (Phi) is 9.45. The topological polar surface area (TPSA) is 189 Å². The van der Waals surface area contributed by atoms with Crippen LogP contribution in [0.15, 0.2) is 36.4 Å². The highest BCUT2D eigenvalue weighted by Gasteiger charge is 2.82. The minimum atomic E-state index is -1.33. The lowest BCUT2D eigenvalue weighted by atomic mass is 9.33. The van der Waals surface area contributed by atoms with E-state index in [1.165, 1.54) is 42.6 Å². The Labute approximate surface area is 294 Å². The number of carboxylic acid groups (broad SMARTS) is 2. The Morgan fingerprint density at radius 2 is 1.67 bits per heavy atom. The second kappa shape index (κ2) is 12.5. The third kappa shape index (κ3) is 5.52. The van der Waals surface area contributed by atoms with E-state index in [4.69, 9.17) is 30.2 Å². The Morgan fingerprint density at radius 3 is 2.22 bits per heavy atom. The van der Waals surface area contributed by atoms with Crippen molar-refractivity contribution in [3.63, 3.8) is 0 Å². The van der Waals surface area contributed by atoms with Gasteiger partial charge in [0.2, 0.25) is 0 Å². The molecular formula is C37H52ClN3O8. The third-order valence-electron chi connectivity index (χ3n) is 13.0. The summed E-state index contributed by atoms with van der Waals surface area (Å²) in [6, 6.07) is 10.5. The highest BCUT2D eigenvalue weighted by atomic mass is 35.5. The number of benzene rings is 2. The van der Waals surface area contributed by atoms with E-state index in [2.05, 4.69) is 37.5 Å². The van der Waals surface area contributed by atoms with Gasteiger partial charge in [-0.15, -0.1) is 12.4 Å². The molecule has 5 fully saturated rings. The first-order valence-electron chi connectivity index (χ1n) is 17.1. The molecule has 8 N–H and O–H groups in total. The average Bonchev–Trinajstić information content (AvgIpc) is 3.76. The maximum atomic E-state index is 12.2. The van der Waals surface area contributed by atoms with Gasteiger partial charge in [0.25, 0.3) is 0 Å². The van der Waals surface area contributed by atoms with Gasteiger partial charge in [0.1, 0.15) is 11.7 Å². The fraction of sp³-hybridized carbons (Fsp3) is 0.622. The fourth-order valence-corrected chi connectivity index (χ4v) is 10.2. The molecule has 9 rings (SSSR count). The number of phenolic OH excluding ortho intramolecular Hbond substituents is 1. The zero-order valence-electron chi connectivity index (χ0n) is 29.1. The van der Waals surface area contributed by atoms with Gasteiger partial charge in [0.15, 0.2) is 11.5 Å². The summed E-state index contributed by atoms with van der Waals surface area (Å²) in [5, 5.41) is 38.8. The first kappa shape index (κ1) is 37.0. The van der Waals surface area contributed by atoms with E-state index in [0.29, 0.717) is 17.5 Å². The van der Waals surface area contributed by atoms with Crippen LogP contribution in [0.2, 0.25) is 0 Å². The summed E-state index contributed by atoms with van der Waals surface area (Å²) in [5.41, 5.74) is 11.0. The highest BCUT2D eigenvalue weighted by molar-refractivity contribution is 5.87. The number of aliphatic hydroxyl groups is 1. The number of piperidine rings is 1. The predicted molar refractivity (Wildman–Crippen MR) is 187 cm³/mol. The minimum absolute atomic E-state index is 0. The number of nitrogens with two attached hydrogens (primary N) is 2. The van der Waals surface area contributed by atoms with E-state index in [-0.39, 0.29) is 52.0 Å². The maximum absolute atomic E-state index is 12.2. The smallest absolute Gasteiger partial charge is 0.402 e. The number of carbonyl (C=O) groups is 2. The van der Waals surface area contributed by atoms with Crippen molar-refractivity contribution in [1.29, 1.82) is 0 Å². The lowest BCUT2D eigenvalue weighted by Crippen LogP contribution is -2.83. The van der Waals surface area contributed by atoms with Crippen LogP contribution in [0.25, 0.3) is 0 Å². The molecule has 2 aromatic carbocycles. The third-order valence-corrected chi connectivity index (χ3v) is 13.0. The number of hydrogen-bond donors (Lipinski definition) is 6. The number of phenols is 1. The van der Waals surface area contributed by atoms with Crippen LogP contribution in [0, 0.1) is 22.7 Å². The molecule has 12 heteroatoms. The Bertz CT molecular complexity index is 1590. The molecule has 2 spiro atoms. The van der Waals surface area contributed by atoms with Gasteiger partial charge >= 0.3 is 12.1 Å². The normalized spacial score (nSPS) is 32.8. The molecule has 2 aromatic rings. The van der Waals surface area contributed by atoms with Crippen LogP contribution in [-0.4, -0.2) is 80.9 Å². The number of halogens is 1.